The largest absolute Gasteiger partial charge is 0.384 e. The number of hydrogen-bond acceptors (Lipinski definition) is 3. The molecule has 2 rings (SSSR count). The Kier molecular flexibility index (Phi) is 1.73. The lowest BCUT2D eigenvalue weighted by Gasteiger charge is -2.00. The SMILES string of the molecule is Cn1nccc1-c1ccc(N)nc1. The van der Waals surface area contributed by atoms with Gasteiger partial charge in [-0.25, -0.2) is 4.98 Å². The molecular weight excluding hydrogens is 164 g/mol. The van der Waals surface area contributed by atoms with E-state index in [1.54, 1.807) is 23.1 Å². The summed E-state index contributed by atoms with van der Waals surface area (Å²) in [5.74, 6) is 0.533. The molecule has 0 bridgehead atoms. The number of aryl methyl sites for hydroxylation is 1. The molecule has 0 radical (unpaired) electrons. The highest BCUT2D eigenvalue weighted by atomic mass is 15.3. The van der Waals surface area contributed by atoms with E-state index in [4.69, 9.17) is 5.73 Å². The average Bonchev–Trinajstić information content (AvgIpc) is 2.53. The van der Waals surface area contributed by atoms with Crippen molar-refractivity contribution in [2.24, 2.45) is 7.05 Å². The molecule has 0 fully saturated rings. The molecule has 0 atom stereocenters. The van der Waals surface area contributed by atoms with Crippen LogP contribution in [-0.4, -0.2) is 14.8 Å². The fraction of sp³-hybridized carbons (Fsp3) is 0.111. The zero-order valence-electron chi connectivity index (χ0n) is 7.31. The van der Waals surface area contributed by atoms with Crippen molar-refractivity contribution in [2.75, 3.05) is 5.73 Å². The van der Waals surface area contributed by atoms with Crippen LogP contribution in [0.3, 0.4) is 0 Å². The zero-order valence-corrected chi connectivity index (χ0v) is 7.31. The van der Waals surface area contributed by atoms with Crippen LogP contribution in [-0.2, 0) is 7.05 Å². The molecule has 13 heavy (non-hydrogen) atoms. The van der Waals surface area contributed by atoms with E-state index in [0.29, 0.717) is 5.82 Å². The van der Waals surface area contributed by atoms with Crippen molar-refractivity contribution in [3.05, 3.63) is 30.6 Å². The van der Waals surface area contributed by atoms with Crippen LogP contribution in [0.25, 0.3) is 11.3 Å². The van der Waals surface area contributed by atoms with Crippen molar-refractivity contribution in [3.63, 3.8) is 0 Å². The van der Waals surface area contributed by atoms with Crippen LogP contribution in [0.2, 0.25) is 0 Å². The van der Waals surface area contributed by atoms with Gasteiger partial charge in [-0.2, -0.15) is 5.10 Å². The fourth-order valence-corrected chi connectivity index (χ4v) is 1.21. The highest BCUT2D eigenvalue weighted by molar-refractivity contribution is 5.59. The van der Waals surface area contributed by atoms with Gasteiger partial charge in [0.1, 0.15) is 5.82 Å². The van der Waals surface area contributed by atoms with Gasteiger partial charge in [0.2, 0.25) is 0 Å². The van der Waals surface area contributed by atoms with E-state index in [2.05, 4.69) is 10.1 Å². The van der Waals surface area contributed by atoms with Crippen molar-refractivity contribution < 1.29 is 0 Å². The predicted octanol–water partition coefficient (Wildman–Crippen LogP) is 1.06. The Labute approximate surface area is 76.0 Å². The third-order valence-electron chi connectivity index (χ3n) is 1.90. The number of hydrogen-bond donors (Lipinski definition) is 1. The molecule has 66 valence electrons. The quantitative estimate of drug-likeness (QED) is 0.703. The second-order valence-corrected chi connectivity index (χ2v) is 2.81. The normalized spacial score (nSPS) is 10.2. The number of pyridine rings is 1. The Morgan fingerprint density at radius 3 is 2.69 bits per heavy atom. The molecule has 0 aliphatic carbocycles. The second kappa shape index (κ2) is 2.90. The number of nitrogen functional groups attached to an aromatic ring is 1. The topological polar surface area (TPSA) is 56.7 Å². The lowest BCUT2D eigenvalue weighted by atomic mass is 10.2. The smallest absolute Gasteiger partial charge is 0.123 e. The summed E-state index contributed by atoms with van der Waals surface area (Å²) in [6.07, 6.45) is 3.50. The maximum atomic E-state index is 5.48. The summed E-state index contributed by atoms with van der Waals surface area (Å²) in [6, 6.07) is 5.65. The minimum Gasteiger partial charge on any atom is -0.384 e. The molecule has 0 saturated carbocycles. The predicted molar refractivity (Wildman–Crippen MR) is 50.9 cm³/mol. The molecule has 0 spiro atoms. The van der Waals surface area contributed by atoms with Crippen molar-refractivity contribution in [1.82, 2.24) is 14.8 Å². The van der Waals surface area contributed by atoms with Gasteiger partial charge in [-0.05, 0) is 18.2 Å². The highest BCUT2D eigenvalue weighted by Gasteiger charge is 2.01. The summed E-state index contributed by atoms with van der Waals surface area (Å²) in [7, 11) is 1.89. The van der Waals surface area contributed by atoms with Gasteiger partial charge in [-0.3, -0.25) is 4.68 Å². The number of rotatable bonds is 1. The first-order chi connectivity index (χ1) is 6.27. The van der Waals surface area contributed by atoms with Gasteiger partial charge < -0.3 is 5.73 Å². The fourth-order valence-electron chi connectivity index (χ4n) is 1.21. The van der Waals surface area contributed by atoms with Crippen LogP contribution in [0.4, 0.5) is 5.82 Å². The number of nitrogens with zero attached hydrogens (tertiary/aromatic N) is 3. The van der Waals surface area contributed by atoms with Gasteiger partial charge in [0.05, 0.1) is 5.69 Å². The average molecular weight is 174 g/mol. The van der Waals surface area contributed by atoms with E-state index in [-0.39, 0.29) is 0 Å². The van der Waals surface area contributed by atoms with Gasteiger partial charge in [0, 0.05) is 25.0 Å². The molecule has 2 N–H and O–H groups in total. The molecule has 0 amide bonds. The second-order valence-electron chi connectivity index (χ2n) is 2.81. The van der Waals surface area contributed by atoms with Gasteiger partial charge in [0.25, 0.3) is 0 Å². The lowest BCUT2D eigenvalue weighted by Crippen LogP contribution is -1.94. The van der Waals surface area contributed by atoms with E-state index in [0.717, 1.165) is 11.3 Å². The minimum absolute atomic E-state index is 0.533. The van der Waals surface area contributed by atoms with Crippen LogP contribution in [0.15, 0.2) is 30.6 Å². The molecule has 0 saturated heterocycles. The zero-order chi connectivity index (χ0) is 9.26. The summed E-state index contributed by atoms with van der Waals surface area (Å²) >= 11 is 0. The lowest BCUT2D eigenvalue weighted by molar-refractivity contribution is 0.775. The molecule has 0 unspecified atom stereocenters. The van der Waals surface area contributed by atoms with E-state index in [1.165, 1.54) is 0 Å². The van der Waals surface area contributed by atoms with E-state index < -0.39 is 0 Å². The van der Waals surface area contributed by atoms with Crippen LogP contribution < -0.4 is 5.73 Å². The standard InChI is InChI=1S/C9H10N4/c1-13-8(4-5-12-13)7-2-3-9(10)11-6-7/h2-6H,1H3,(H2,10,11). The maximum Gasteiger partial charge on any atom is 0.123 e. The summed E-state index contributed by atoms with van der Waals surface area (Å²) in [5.41, 5.74) is 7.54. The Morgan fingerprint density at radius 1 is 1.31 bits per heavy atom. The first kappa shape index (κ1) is 7.79. The van der Waals surface area contributed by atoms with Gasteiger partial charge in [-0.15, -0.1) is 0 Å². The van der Waals surface area contributed by atoms with Crippen LogP contribution in [0.5, 0.6) is 0 Å². The first-order valence-electron chi connectivity index (χ1n) is 3.97. The summed E-state index contributed by atoms with van der Waals surface area (Å²) in [5, 5.41) is 4.07. The summed E-state index contributed by atoms with van der Waals surface area (Å²) < 4.78 is 1.80. The van der Waals surface area contributed by atoms with Crippen LogP contribution in [0, 0.1) is 0 Å². The molecule has 2 heterocycles. The molecule has 0 aliphatic heterocycles. The Morgan fingerprint density at radius 2 is 2.15 bits per heavy atom. The third-order valence-corrected chi connectivity index (χ3v) is 1.90. The first-order valence-corrected chi connectivity index (χ1v) is 3.97. The van der Waals surface area contributed by atoms with E-state index in [1.807, 2.05) is 19.2 Å². The Bertz CT molecular complexity index is 402. The highest BCUT2D eigenvalue weighted by Crippen LogP contribution is 2.16. The number of nitrogens with two attached hydrogens (primary N) is 1. The summed E-state index contributed by atoms with van der Waals surface area (Å²) in [6.45, 7) is 0. The minimum atomic E-state index is 0.533. The summed E-state index contributed by atoms with van der Waals surface area (Å²) in [4.78, 5) is 4.01. The van der Waals surface area contributed by atoms with E-state index in [9.17, 15) is 0 Å². The van der Waals surface area contributed by atoms with Crippen molar-refractivity contribution in [1.29, 1.82) is 0 Å². The molecular formula is C9H10N4. The number of anilines is 1. The van der Waals surface area contributed by atoms with Gasteiger partial charge >= 0.3 is 0 Å². The Balaban J connectivity index is 2.47. The van der Waals surface area contributed by atoms with Crippen LogP contribution in [0.1, 0.15) is 0 Å². The Hall–Kier alpha value is -1.84. The number of aromatic nitrogens is 3. The van der Waals surface area contributed by atoms with Crippen LogP contribution >= 0.6 is 0 Å². The molecule has 0 aromatic carbocycles. The molecule has 4 heteroatoms. The van der Waals surface area contributed by atoms with E-state index >= 15 is 0 Å². The monoisotopic (exact) mass is 174 g/mol. The molecule has 4 nitrogen and oxygen atoms in total. The third kappa shape index (κ3) is 1.38. The van der Waals surface area contributed by atoms with Crippen molar-refractivity contribution >= 4 is 5.82 Å². The molecule has 0 aliphatic rings. The molecule has 2 aromatic heterocycles. The van der Waals surface area contributed by atoms with Gasteiger partial charge in [0.15, 0.2) is 0 Å². The van der Waals surface area contributed by atoms with Crippen molar-refractivity contribution in [3.8, 4) is 11.3 Å². The molecule has 2 aromatic rings. The maximum absolute atomic E-state index is 5.48. The van der Waals surface area contributed by atoms with Crippen molar-refractivity contribution in [2.45, 2.75) is 0 Å². The van der Waals surface area contributed by atoms with Gasteiger partial charge in [-0.1, -0.05) is 0 Å².